The van der Waals surface area contributed by atoms with Crippen molar-refractivity contribution in [2.24, 2.45) is 5.92 Å². The number of hydrogen-bond acceptors (Lipinski definition) is 6. The lowest BCUT2D eigenvalue weighted by Gasteiger charge is -2.18. The second-order valence-corrected chi connectivity index (χ2v) is 5.99. The number of nitrogens with zero attached hydrogens (tertiary/aromatic N) is 3. The minimum Gasteiger partial charge on any atom is -0.370 e. The molecule has 7 heteroatoms. The molecule has 0 bridgehead atoms. The van der Waals surface area contributed by atoms with Crippen LogP contribution in [-0.2, 0) is 0 Å². The average Bonchev–Trinajstić information content (AvgIpc) is 3.07. The molecule has 2 aromatic rings. The molecule has 3 rings (SSSR count). The molecular weight excluding hydrogens is 298 g/mol. The summed E-state index contributed by atoms with van der Waals surface area (Å²) >= 11 is 1.28. The normalized spacial score (nSPS) is 17.2. The second kappa shape index (κ2) is 7.13. The molecule has 0 radical (unpaired) electrons. The van der Waals surface area contributed by atoms with Crippen LogP contribution < -0.4 is 10.6 Å². The number of rotatable bonds is 5. The van der Waals surface area contributed by atoms with Gasteiger partial charge in [-0.1, -0.05) is 23.5 Å². The zero-order chi connectivity index (χ0) is 15.2. The minimum absolute atomic E-state index is 0.229. The molecule has 114 valence electrons. The van der Waals surface area contributed by atoms with E-state index in [0.29, 0.717) is 16.6 Å². The Labute approximate surface area is 132 Å². The largest absolute Gasteiger partial charge is 0.370 e. The molecule has 0 fully saturated rings. The first-order valence-electron chi connectivity index (χ1n) is 7.24. The van der Waals surface area contributed by atoms with Crippen molar-refractivity contribution in [3.63, 3.8) is 0 Å². The lowest BCUT2D eigenvalue weighted by Crippen LogP contribution is -2.16. The zero-order valence-electron chi connectivity index (χ0n) is 12.0. The van der Waals surface area contributed by atoms with Crippen LogP contribution in [0.4, 0.5) is 10.9 Å². The van der Waals surface area contributed by atoms with Gasteiger partial charge in [-0.15, -0.1) is 10.2 Å². The number of nitrogens with one attached hydrogen (secondary N) is 2. The van der Waals surface area contributed by atoms with E-state index in [9.17, 15) is 4.79 Å². The predicted molar refractivity (Wildman–Crippen MR) is 87.1 cm³/mol. The Kier molecular flexibility index (Phi) is 4.75. The van der Waals surface area contributed by atoms with Gasteiger partial charge in [0.1, 0.15) is 11.3 Å². The Hall–Kier alpha value is -2.28. The van der Waals surface area contributed by atoms with E-state index in [1.807, 2.05) is 6.07 Å². The highest BCUT2D eigenvalue weighted by Gasteiger charge is 2.11. The van der Waals surface area contributed by atoms with Crippen molar-refractivity contribution in [3.8, 4) is 0 Å². The quantitative estimate of drug-likeness (QED) is 0.829. The first kappa shape index (κ1) is 14.6. The van der Waals surface area contributed by atoms with Crippen molar-refractivity contribution in [2.45, 2.75) is 19.3 Å². The fraction of sp³-hybridized carbons (Fsp3) is 0.333. The third kappa shape index (κ3) is 3.88. The van der Waals surface area contributed by atoms with Gasteiger partial charge in [0.25, 0.3) is 5.91 Å². The molecule has 1 unspecified atom stereocenters. The van der Waals surface area contributed by atoms with Crippen LogP contribution in [0.15, 0.2) is 36.0 Å². The van der Waals surface area contributed by atoms with Gasteiger partial charge in [-0.05, 0) is 37.3 Å². The maximum atomic E-state index is 12.0. The number of amides is 1. The van der Waals surface area contributed by atoms with E-state index < -0.39 is 0 Å². The van der Waals surface area contributed by atoms with Gasteiger partial charge in [-0.3, -0.25) is 10.1 Å². The highest BCUT2D eigenvalue weighted by atomic mass is 32.1. The van der Waals surface area contributed by atoms with Crippen molar-refractivity contribution < 1.29 is 4.79 Å². The summed E-state index contributed by atoms with van der Waals surface area (Å²) in [5.41, 5.74) is 2.07. The van der Waals surface area contributed by atoms with E-state index in [-0.39, 0.29) is 5.91 Å². The third-order valence-corrected chi connectivity index (χ3v) is 4.16. The van der Waals surface area contributed by atoms with Gasteiger partial charge in [0.05, 0.1) is 5.56 Å². The second-order valence-electron chi connectivity index (χ2n) is 5.16. The van der Waals surface area contributed by atoms with Crippen LogP contribution in [0.5, 0.6) is 0 Å². The van der Waals surface area contributed by atoms with Crippen LogP contribution in [-0.4, -0.2) is 27.6 Å². The lowest BCUT2D eigenvalue weighted by atomic mass is 9.94. The van der Waals surface area contributed by atoms with Crippen LogP contribution in [0.1, 0.15) is 29.6 Å². The van der Waals surface area contributed by atoms with Crippen LogP contribution in [0.25, 0.3) is 0 Å². The Morgan fingerprint density at radius 1 is 1.36 bits per heavy atom. The minimum atomic E-state index is -0.229. The summed E-state index contributed by atoms with van der Waals surface area (Å²) in [5.74, 6) is 1.22. The Morgan fingerprint density at radius 2 is 2.32 bits per heavy atom. The zero-order valence-corrected chi connectivity index (χ0v) is 12.8. The summed E-state index contributed by atoms with van der Waals surface area (Å²) in [5, 5.41) is 13.9. The van der Waals surface area contributed by atoms with E-state index in [1.54, 1.807) is 17.8 Å². The fourth-order valence-corrected chi connectivity index (χ4v) is 2.76. The van der Waals surface area contributed by atoms with Crippen molar-refractivity contribution in [1.29, 1.82) is 0 Å². The molecule has 0 aromatic carbocycles. The summed E-state index contributed by atoms with van der Waals surface area (Å²) in [6.45, 7) is 0.910. The topological polar surface area (TPSA) is 79.8 Å². The van der Waals surface area contributed by atoms with Crippen molar-refractivity contribution in [1.82, 2.24) is 15.2 Å². The molecule has 1 aliphatic rings. The van der Waals surface area contributed by atoms with Gasteiger partial charge in [0.2, 0.25) is 5.13 Å². The SMILES string of the molecule is O=C(Nc1nncs1)c1ccc(NCC2CC=CCC2)nc1. The molecule has 2 heterocycles. The number of carbonyl (C=O) groups is 1. The molecular formula is C15H17N5OS. The predicted octanol–water partition coefficient (Wildman–Crippen LogP) is 2.95. The Bertz CT molecular complexity index is 638. The first-order valence-corrected chi connectivity index (χ1v) is 8.11. The fourth-order valence-electron chi connectivity index (χ4n) is 2.32. The smallest absolute Gasteiger partial charge is 0.259 e. The van der Waals surface area contributed by atoms with E-state index >= 15 is 0 Å². The summed E-state index contributed by atoms with van der Waals surface area (Å²) in [6.07, 6.45) is 9.54. The maximum absolute atomic E-state index is 12.0. The van der Waals surface area contributed by atoms with Crippen LogP contribution in [0.2, 0.25) is 0 Å². The molecule has 0 spiro atoms. The third-order valence-electron chi connectivity index (χ3n) is 3.56. The van der Waals surface area contributed by atoms with Gasteiger partial charge in [-0.25, -0.2) is 4.98 Å². The molecule has 2 N–H and O–H groups in total. The Morgan fingerprint density at radius 3 is 3.00 bits per heavy atom. The molecule has 22 heavy (non-hydrogen) atoms. The number of allylic oxidation sites excluding steroid dienone is 2. The molecule has 6 nitrogen and oxygen atoms in total. The number of aromatic nitrogens is 3. The number of anilines is 2. The summed E-state index contributed by atoms with van der Waals surface area (Å²) < 4.78 is 0. The molecule has 1 aliphatic carbocycles. The number of hydrogen-bond donors (Lipinski definition) is 2. The van der Waals surface area contributed by atoms with Crippen LogP contribution >= 0.6 is 11.3 Å². The summed E-state index contributed by atoms with van der Waals surface area (Å²) in [4.78, 5) is 16.3. The summed E-state index contributed by atoms with van der Waals surface area (Å²) in [7, 11) is 0. The average molecular weight is 315 g/mol. The van der Waals surface area contributed by atoms with E-state index in [4.69, 9.17) is 0 Å². The van der Waals surface area contributed by atoms with Gasteiger partial charge < -0.3 is 5.32 Å². The van der Waals surface area contributed by atoms with E-state index in [0.717, 1.165) is 25.2 Å². The van der Waals surface area contributed by atoms with Crippen molar-refractivity contribution in [2.75, 3.05) is 17.2 Å². The van der Waals surface area contributed by atoms with Gasteiger partial charge >= 0.3 is 0 Å². The van der Waals surface area contributed by atoms with Crippen molar-refractivity contribution >= 4 is 28.2 Å². The van der Waals surface area contributed by atoms with E-state index in [1.165, 1.54) is 17.8 Å². The van der Waals surface area contributed by atoms with E-state index in [2.05, 4.69) is 38.0 Å². The van der Waals surface area contributed by atoms with Gasteiger partial charge in [0, 0.05) is 12.7 Å². The maximum Gasteiger partial charge on any atom is 0.259 e. The number of carbonyl (C=O) groups excluding carboxylic acids is 1. The molecule has 1 amide bonds. The van der Waals surface area contributed by atoms with Gasteiger partial charge in [0.15, 0.2) is 0 Å². The standard InChI is InChI=1S/C15H17N5OS/c21-14(19-15-20-18-10-22-15)12-6-7-13(17-9-12)16-8-11-4-2-1-3-5-11/h1-2,6-7,9-11H,3-5,8H2,(H,16,17)(H,19,20,21). The van der Waals surface area contributed by atoms with Crippen molar-refractivity contribution in [3.05, 3.63) is 41.6 Å². The molecule has 0 aliphatic heterocycles. The molecule has 2 aromatic heterocycles. The highest BCUT2D eigenvalue weighted by molar-refractivity contribution is 7.13. The molecule has 0 saturated heterocycles. The van der Waals surface area contributed by atoms with Gasteiger partial charge in [-0.2, -0.15) is 0 Å². The molecule has 1 atom stereocenters. The monoisotopic (exact) mass is 315 g/mol. The highest BCUT2D eigenvalue weighted by Crippen LogP contribution is 2.18. The number of pyridine rings is 1. The lowest BCUT2D eigenvalue weighted by molar-refractivity contribution is 0.102. The first-order chi connectivity index (χ1) is 10.8. The molecule has 0 saturated carbocycles. The van der Waals surface area contributed by atoms with Crippen LogP contribution in [0, 0.1) is 5.92 Å². The van der Waals surface area contributed by atoms with Crippen LogP contribution in [0.3, 0.4) is 0 Å². The Balaban J connectivity index is 1.53. The summed E-state index contributed by atoms with van der Waals surface area (Å²) in [6, 6.07) is 3.58.